The minimum atomic E-state index is -3.47. The third-order valence-electron chi connectivity index (χ3n) is 2.87. The number of anilines is 4. The molecule has 0 bridgehead atoms. The Balaban J connectivity index is 2.08. The number of H-pyrrole nitrogens is 1. The van der Waals surface area contributed by atoms with Gasteiger partial charge in [-0.15, -0.1) is 0 Å². The number of hydrogen-bond donors (Lipinski definition) is 4. The van der Waals surface area contributed by atoms with Gasteiger partial charge in [-0.25, -0.2) is 13.4 Å². The van der Waals surface area contributed by atoms with E-state index in [4.69, 9.17) is 17.3 Å². The summed E-state index contributed by atoms with van der Waals surface area (Å²) in [6.07, 6.45) is 2.56. The number of aromatic nitrogens is 4. The van der Waals surface area contributed by atoms with Crippen LogP contribution < -0.4 is 15.8 Å². The van der Waals surface area contributed by atoms with Crippen molar-refractivity contribution in [3.05, 3.63) is 29.5 Å². The highest BCUT2D eigenvalue weighted by Crippen LogP contribution is 2.32. The highest BCUT2D eigenvalue weighted by molar-refractivity contribution is 7.92. The number of sulfonamides is 1. The van der Waals surface area contributed by atoms with E-state index in [1.54, 1.807) is 18.2 Å². The Labute approximate surface area is 136 Å². The van der Waals surface area contributed by atoms with Gasteiger partial charge < -0.3 is 11.1 Å². The summed E-state index contributed by atoms with van der Waals surface area (Å²) in [6, 6.07) is 4.93. The standard InChI is InChI=1S/C12H12ClN7O2S/c1-23(21,22)20-8-5-6(4-7-10(8)18-19-11(7)13)16-9-2-3-15-12(14)17-9/h2-5,20H,1H3,(H,18,19)(H3,14,15,16,17). The van der Waals surface area contributed by atoms with Gasteiger partial charge in [-0.2, -0.15) is 10.1 Å². The number of nitrogen functional groups attached to an aromatic ring is 1. The predicted octanol–water partition coefficient (Wildman–Crippen LogP) is 1.70. The summed E-state index contributed by atoms with van der Waals surface area (Å²) in [5, 5.41) is 10.4. The average molecular weight is 354 g/mol. The summed E-state index contributed by atoms with van der Waals surface area (Å²) >= 11 is 6.02. The molecule has 0 aliphatic rings. The van der Waals surface area contributed by atoms with E-state index in [1.165, 1.54) is 6.20 Å². The van der Waals surface area contributed by atoms with Crippen LogP contribution in [0.1, 0.15) is 0 Å². The van der Waals surface area contributed by atoms with Gasteiger partial charge in [0.05, 0.1) is 17.5 Å². The lowest BCUT2D eigenvalue weighted by molar-refractivity contribution is 0.607. The van der Waals surface area contributed by atoms with Gasteiger partial charge in [0, 0.05) is 17.3 Å². The van der Waals surface area contributed by atoms with Gasteiger partial charge in [-0.05, 0) is 18.2 Å². The summed E-state index contributed by atoms with van der Waals surface area (Å²) in [7, 11) is -3.47. The molecule has 11 heteroatoms. The number of nitrogens with zero attached hydrogens (tertiary/aromatic N) is 3. The molecule has 0 aliphatic carbocycles. The molecule has 120 valence electrons. The summed E-state index contributed by atoms with van der Waals surface area (Å²) in [5.41, 5.74) is 6.89. The lowest BCUT2D eigenvalue weighted by Crippen LogP contribution is -2.10. The number of rotatable bonds is 4. The first-order valence-electron chi connectivity index (χ1n) is 6.33. The van der Waals surface area contributed by atoms with E-state index in [9.17, 15) is 8.42 Å². The molecule has 0 saturated carbocycles. The SMILES string of the molecule is CS(=O)(=O)Nc1cc(Nc2ccnc(N)n2)cc2c(Cl)n[nH]c12. The lowest BCUT2D eigenvalue weighted by Gasteiger charge is -2.10. The molecule has 1 aromatic carbocycles. The van der Waals surface area contributed by atoms with Crippen molar-refractivity contribution >= 4 is 55.7 Å². The molecule has 5 N–H and O–H groups in total. The molecule has 0 radical (unpaired) electrons. The summed E-state index contributed by atoms with van der Waals surface area (Å²) in [6.45, 7) is 0. The van der Waals surface area contributed by atoms with E-state index < -0.39 is 10.0 Å². The number of halogens is 1. The minimum Gasteiger partial charge on any atom is -0.368 e. The van der Waals surface area contributed by atoms with Crippen molar-refractivity contribution in [2.45, 2.75) is 0 Å². The highest BCUT2D eigenvalue weighted by Gasteiger charge is 2.13. The fraction of sp³-hybridized carbons (Fsp3) is 0.0833. The highest BCUT2D eigenvalue weighted by atomic mass is 35.5. The largest absolute Gasteiger partial charge is 0.368 e. The number of nitrogens with one attached hydrogen (secondary N) is 3. The molecule has 9 nitrogen and oxygen atoms in total. The molecule has 0 fully saturated rings. The first kappa shape index (κ1) is 15.3. The third kappa shape index (κ3) is 3.43. The van der Waals surface area contributed by atoms with Gasteiger partial charge in [0.1, 0.15) is 5.82 Å². The van der Waals surface area contributed by atoms with Crippen LogP contribution in [0.25, 0.3) is 10.9 Å². The van der Waals surface area contributed by atoms with Crippen LogP contribution >= 0.6 is 11.6 Å². The van der Waals surface area contributed by atoms with Crippen LogP contribution in [-0.4, -0.2) is 34.8 Å². The van der Waals surface area contributed by atoms with Gasteiger partial charge >= 0.3 is 0 Å². The van der Waals surface area contributed by atoms with E-state index >= 15 is 0 Å². The molecule has 2 heterocycles. The molecule has 0 amide bonds. The Bertz CT molecular complexity index is 986. The van der Waals surface area contributed by atoms with Gasteiger partial charge in [-0.3, -0.25) is 9.82 Å². The Kier molecular flexibility index (Phi) is 3.70. The van der Waals surface area contributed by atoms with Crippen LogP contribution in [0, 0.1) is 0 Å². The molecular weight excluding hydrogens is 342 g/mol. The van der Waals surface area contributed by atoms with Crippen LogP contribution in [0.15, 0.2) is 24.4 Å². The smallest absolute Gasteiger partial charge is 0.229 e. The van der Waals surface area contributed by atoms with Crippen LogP contribution in [-0.2, 0) is 10.0 Å². The molecule has 3 rings (SSSR count). The van der Waals surface area contributed by atoms with Gasteiger partial charge in [0.25, 0.3) is 0 Å². The second kappa shape index (κ2) is 5.56. The minimum absolute atomic E-state index is 0.118. The zero-order valence-corrected chi connectivity index (χ0v) is 13.4. The Hall–Kier alpha value is -2.59. The zero-order valence-electron chi connectivity index (χ0n) is 11.8. The zero-order chi connectivity index (χ0) is 16.6. The van der Waals surface area contributed by atoms with Crippen molar-refractivity contribution in [1.82, 2.24) is 20.2 Å². The molecule has 23 heavy (non-hydrogen) atoms. The van der Waals surface area contributed by atoms with Gasteiger partial charge in [-0.1, -0.05) is 11.6 Å². The van der Waals surface area contributed by atoms with Crippen LogP contribution in [0.5, 0.6) is 0 Å². The maximum atomic E-state index is 11.5. The molecular formula is C12H12ClN7O2S. The van der Waals surface area contributed by atoms with Crippen molar-refractivity contribution in [2.24, 2.45) is 0 Å². The third-order valence-corrected chi connectivity index (χ3v) is 3.75. The molecule has 0 spiro atoms. The van der Waals surface area contributed by atoms with Crippen LogP contribution in [0.3, 0.4) is 0 Å². The van der Waals surface area contributed by atoms with Crippen LogP contribution in [0.4, 0.5) is 23.1 Å². The Morgan fingerprint density at radius 2 is 2.13 bits per heavy atom. The maximum absolute atomic E-state index is 11.5. The van der Waals surface area contributed by atoms with Gasteiger partial charge in [0.2, 0.25) is 16.0 Å². The molecule has 0 aliphatic heterocycles. The monoisotopic (exact) mass is 353 g/mol. The van der Waals surface area contributed by atoms with E-state index in [0.29, 0.717) is 28.1 Å². The number of fused-ring (bicyclic) bond motifs is 1. The fourth-order valence-electron chi connectivity index (χ4n) is 2.03. The molecule has 0 atom stereocenters. The number of hydrogen-bond acceptors (Lipinski definition) is 7. The predicted molar refractivity (Wildman–Crippen MR) is 89.3 cm³/mol. The first-order valence-corrected chi connectivity index (χ1v) is 8.60. The maximum Gasteiger partial charge on any atom is 0.229 e. The summed E-state index contributed by atoms with van der Waals surface area (Å²) < 4.78 is 25.5. The fourth-order valence-corrected chi connectivity index (χ4v) is 2.79. The molecule has 2 aromatic heterocycles. The molecule has 0 saturated heterocycles. The van der Waals surface area contributed by atoms with Gasteiger partial charge in [0.15, 0.2) is 5.15 Å². The first-order chi connectivity index (χ1) is 10.8. The van der Waals surface area contributed by atoms with Crippen molar-refractivity contribution in [1.29, 1.82) is 0 Å². The van der Waals surface area contributed by atoms with Crippen LogP contribution in [0.2, 0.25) is 5.15 Å². The van der Waals surface area contributed by atoms with Crippen molar-refractivity contribution in [3.8, 4) is 0 Å². The quantitative estimate of drug-likeness (QED) is 0.559. The van der Waals surface area contributed by atoms with E-state index in [-0.39, 0.29) is 11.1 Å². The number of benzene rings is 1. The average Bonchev–Trinajstić information content (AvgIpc) is 2.79. The van der Waals surface area contributed by atoms with E-state index in [0.717, 1.165) is 6.26 Å². The van der Waals surface area contributed by atoms with E-state index in [2.05, 4.69) is 30.2 Å². The van der Waals surface area contributed by atoms with E-state index in [1.807, 2.05) is 0 Å². The molecule has 0 unspecified atom stereocenters. The van der Waals surface area contributed by atoms with Crippen molar-refractivity contribution in [2.75, 3.05) is 22.0 Å². The Morgan fingerprint density at radius 1 is 1.35 bits per heavy atom. The summed E-state index contributed by atoms with van der Waals surface area (Å²) in [5.74, 6) is 0.577. The topological polar surface area (TPSA) is 139 Å². The number of nitrogens with two attached hydrogens (primary N) is 1. The van der Waals surface area contributed by atoms with Crippen molar-refractivity contribution < 1.29 is 8.42 Å². The second-order valence-electron chi connectivity index (χ2n) is 4.76. The summed E-state index contributed by atoms with van der Waals surface area (Å²) in [4.78, 5) is 7.83. The second-order valence-corrected chi connectivity index (χ2v) is 6.87. The Morgan fingerprint density at radius 3 is 2.83 bits per heavy atom. The normalized spacial score (nSPS) is 11.6. The molecule has 3 aromatic rings. The van der Waals surface area contributed by atoms with Crippen molar-refractivity contribution in [3.63, 3.8) is 0 Å². The number of aromatic amines is 1. The lowest BCUT2D eigenvalue weighted by atomic mass is 10.2.